The first-order valence-electron chi connectivity index (χ1n) is 6.26. The summed E-state index contributed by atoms with van der Waals surface area (Å²) in [6.45, 7) is 5.34. The number of hydrogen-bond donors (Lipinski definition) is 3. The molecule has 0 aliphatic heterocycles. The topological polar surface area (TPSA) is 102 Å². The molecule has 1 atom stereocenters. The van der Waals surface area contributed by atoms with Gasteiger partial charge in [0.05, 0.1) is 5.92 Å². The molecule has 0 aliphatic rings. The Morgan fingerprint density at radius 1 is 1.30 bits per heavy atom. The molecule has 0 bridgehead atoms. The summed E-state index contributed by atoms with van der Waals surface area (Å²) in [4.78, 5) is 22.5. The number of ether oxygens (including phenoxy) is 1. The van der Waals surface area contributed by atoms with Crippen LogP contribution in [0.3, 0.4) is 0 Å². The van der Waals surface area contributed by atoms with Crippen molar-refractivity contribution in [1.82, 2.24) is 0 Å². The molecular weight excluding hydrogens is 260 g/mol. The van der Waals surface area contributed by atoms with Gasteiger partial charge in [-0.25, -0.2) is 4.79 Å². The van der Waals surface area contributed by atoms with Crippen molar-refractivity contribution in [2.75, 3.05) is 11.9 Å². The predicted octanol–water partition coefficient (Wildman–Crippen LogP) is 2.16. The van der Waals surface area contributed by atoms with E-state index in [0.29, 0.717) is 11.3 Å². The van der Waals surface area contributed by atoms with E-state index in [9.17, 15) is 9.59 Å². The third-order valence-corrected chi connectivity index (χ3v) is 2.49. The van der Waals surface area contributed by atoms with Gasteiger partial charge in [0.15, 0.2) is 0 Å². The highest BCUT2D eigenvalue weighted by Gasteiger charge is 2.18. The monoisotopic (exact) mass is 280 g/mol. The number of hydrogen-bond acceptors (Lipinski definition) is 4. The van der Waals surface area contributed by atoms with E-state index in [-0.39, 0.29) is 6.54 Å². The predicted molar refractivity (Wildman–Crippen MR) is 75.7 cm³/mol. The SMILES string of the molecule is CC(C)(C)OC(=O)Nc1ccc(C(CN)C(=O)O)cc1. The fourth-order valence-corrected chi connectivity index (χ4v) is 1.60. The number of carbonyl (C=O) groups is 2. The average molecular weight is 280 g/mol. The molecule has 1 amide bonds. The summed E-state index contributed by atoms with van der Waals surface area (Å²) in [6.07, 6.45) is -0.557. The summed E-state index contributed by atoms with van der Waals surface area (Å²) in [5.41, 5.74) is 5.98. The summed E-state index contributed by atoms with van der Waals surface area (Å²) >= 11 is 0. The Kier molecular flexibility index (Phi) is 5.10. The largest absolute Gasteiger partial charge is 0.481 e. The minimum absolute atomic E-state index is 0.0220. The number of rotatable bonds is 4. The van der Waals surface area contributed by atoms with Crippen molar-refractivity contribution in [2.45, 2.75) is 32.3 Å². The van der Waals surface area contributed by atoms with E-state index in [1.54, 1.807) is 45.0 Å². The van der Waals surface area contributed by atoms with E-state index in [0.717, 1.165) is 0 Å². The zero-order chi connectivity index (χ0) is 15.3. The minimum atomic E-state index is -0.972. The Morgan fingerprint density at radius 2 is 1.85 bits per heavy atom. The molecule has 1 rings (SSSR count). The van der Waals surface area contributed by atoms with Crippen molar-refractivity contribution in [3.63, 3.8) is 0 Å². The molecule has 0 aromatic heterocycles. The van der Waals surface area contributed by atoms with Crippen molar-refractivity contribution in [3.05, 3.63) is 29.8 Å². The van der Waals surface area contributed by atoms with Crippen LogP contribution < -0.4 is 11.1 Å². The van der Waals surface area contributed by atoms with Crippen LogP contribution >= 0.6 is 0 Å². The van der Waals surface area contributed by atoms with Gasteiger partial charge in [0.25, 0.3) is 0 Å². The van der Waals surface area contributed by atoms with Gasteiger partial charge in [0, 0.05) is 12.2 Å². The van der Waals surface area contributed by atoms with Crippen LogP contribution in [0.4, 0.5) is 10.5 Å². The van der Waals surface area contributed by atoms with Crippen molar-refractivity contribution in [2.24, 2.45) is 5.73 Å². The lowest BCUT2D eigenvalue weighted by Crippen LogP contribution is -2.27. The van der Waals surface area contributed by atoms with Crippen LogP contribution in [-0.4, -0.2) is 29.3 Å². The second kappa shape index (κ2) is 6.38. The van der Waals surface area contributed by atoms with Gasteiger partial charge in [-0.3, -0.25) is 10.1 Å². The highest BCUT2D eigenvalue weighted by Crippen LogP contribution is 2.18. The highest BCUT2D eigenvalue weighted by molar-refractivity contribution is 5.85. The van der Waals surface area contributed by atoms with Gasteiger partial charge < -0.3 is 15.6 Å². The van der Waals surface area contributed by atoms with Crippen LogP contribution in [0.5, 0.6) is 0 Å². The molecule has 0 heterocycles. The molecule has 6 heteroatoms. The van der Waals surface area contributed by atoms with E-state index in [2.05, 4.69) is 5.32 Å². The Balaban J connectivity index is 2.72. The Hall–Kier alpha value is -2.08. The molecule has 0 aliphatic carbocycles. The molecule has 4 N–H and O–H groups in total. The van der Waals surface area contributed by atoms with Gasteiger partial charge in [0.2, 0.25) is 0 Å². The van der Waals surface area contributed by atoms with E-state index >= 15 is 0 Å². The highest BCUT2D eigenvalue weighted by atomic mass is 16.6. The van der Waals surface area contributed by atoms with Crippen molar-refractivity contribution < 1.29 is 19.4 Å². The standard InChI is InChI=1S/C14H20N2O4/c1-14(2,3)20-13(19)16-10-6-4-9(5-7-10)11(8-15)12(17)18/h4-7,11H,8,15H2,1-3H3,(H,16,19)(H,17,18). The second-order valence-corrected chi connectivity index (χ2v) is 5.38. The zero-order valence-corrected chi connectivity index (χ0v) is 11.8. The normalized spacial score (nSPS) is 12.6. The third kappa shape index (κ3) is 4.89. The first-order valence-corrected chi connectivity index (χ1v) is 6.26. The van der Waals surface area contributed by atoms with Crippen molar-refractivity contribution >= 4 is 17.7 Å². The van der Waals surface area contributed by atoms with Crippen LogP contribution in [0.1, 0.15) is 32.3 Å². The Morgan fingerprint density at radius 3 is 2.25 bits per heavy atom. The molecule has 0 spiro atoms. The summed E-state index contributed by atoms with van der Waals surface area (Å²) in [5, 5.41) is 11.6. The number of nitrogens with two attached hydrogens (primary N) is 1. The maximum Gasteiger partial charge on any atom is 0.412 e. The quantitative estimate of drug-likeness (QED) is 0.784. The molecule has 0 radical (unpaired) electrons. The molecule has 0 saturated heterocycles. The van der Waals surface area contributed by atoms with Gasteiger partial charge in [-0.15, -0.1) is 0 Å². The second-order valence-electron chi connectivity index (χ2n) is 5.38. The van der Waals surface area contributed by atoms with Crippen LogP contribution in [0.25, 0.3) is 0 Å². The smallest absolute Gasteiger partial charge is 0.412 e. The van der Waals surface area contributed by atoms with Gasteiger partial charge in [-0.1, -0.05) is 12.1 Å². The lowest BCUT2D eigenvalue weighted by atomic mass is 9.99. The molecular formula is C14H20N2O4. The van der Waals surface area contributed by atoms with E-state index in [4.69, 9.17) is 15.6 Å². The molecule has 1 aromatic carbocycles. The summed E-state index contributed by atoms with van der Waals surface area (Å²) in [7, 11) is 0. The molecule has 0 saturated carbocycles. The maximum absolute atomic E-state index is 11.6. The van der Waals surface area contributed by atoms with Gasteiger partial charge in [0.1, 0.15) is 5.60 Å². The van der Waals surface area contributed by atoms with Crippen LogP contribution in [0, 0.1) is 0 Å². The van der Waals surface area contributed by atoms with Crippen LogP contribution in [0.2, 0.25) is 0 Å². The fourth-order valence-electron chi connectivity index (χ4n) is 1.60. The Labute approximate surface area is 117 Å². The Bertz CT molecular complexity index is 477. The third-order valence-electron chi connectivity index (χ3n) is 2.49. The number of carboxylic acids is 1. The summed E-state index contributed by atoms with van der Waals surface area (Å²) in [5.74, 6) is -1.72. The summed E-state index contributed by atoms with van der Waals surface area (Å²) < 4.78 is 5.11. The first-order chi connectivity index (χ1) is 9.23. The van der Waals surface area contributed by atoms with Gasteiger partial charge in [-0.2, -0.15) is 0 Å². The van der Waals surface area contributed by atoms with Crippen LogP contribution in [0.15, 0.2) is 24.3 Å². The molecule has 0 fully saturated rings. The number of nitrogens with one attached hydrogen (secondary N) is 1. The fraction of sp³-hybridized carbons (Fsp3) is 0.429. The minimum Gasteiger partial charge on any atom is -0.481 e. The average Bonchev–Trinajstić information content (AvgIpc) is 2.29. The number of amides is 1. The zero-order valence-electron chi connectivity index (χ0n) is 11.8. The lowest BCUT2D eigenvalue weighted by Gasteiger charge is -2.19. The summed E-state index contributed by atoms with van der Waals surface area (Å²) in [6, 6.07) is 6.48. The number of anilines is 1. The van der Waals surface area contributed by atoms with E-state index < -0.39 is 23.6 Å². The van der Waals surface area contributed by atoms with Gasteiger partial charge in [-0.05, 0) is 38.5 Å². The van der Waals surface area contributed by atoms with Crippen LogP contribution in [-0.2, 0) is 9.53 Å². The number of benzene rings is 1. The van der Waals surface area contributed by atoms with Crippen molar-refractivity contribution in [1.29, 1.82) is 0 Å². The van der Waals surface area contributed by atoms with E-state index in [1.165, 1.54) is 0 Å². The number of carboxylic acid groups (broad SMARTS) is 1. The van der Waals surface area contributed by atoms with Crippen molar-refractivity contribution in [3.8, 4) is 0 Å². The molecule has 6 nitrogen and oxygen atoms in total. The molecule has 110 valence electrons. The molecule has 1 aromatic rings. The number of carbonyl (C=O) groups excluding carboxylic acids is 1. The molecule has 1 unspecified atom stereocenters. The van der Waals surface area contributed by atoms with Gasteiger partial charge >= 0.3 is 12.1 Å². The number of aliphatic carboxylic acids is 1. The van der Waals surface area contributed by atoms with E-state index in [1.807, 2.05) is 0 Å². The first kappa shape index (κ1) is 16.0. The lowest BCUT2D eigenvalue weighted by molar-refractivity contribution is -0.138. The maximum atomic E-state index is 11.6. The molecule has 20 heavy (non-hydrogen) atoms.